The van der Waals surface area contributed by atoms with E-state index in [0.717, 1.165) is 24.1 Å². The maximum atomic E-state index is 11.1. The number of aliphatic hydroxyl groups is 1. The van der Waals surface area contributed by atoms with E-state index >= 15 is 0 Å². The van der Waals surface area contributed by atoms with Crippen LogP contribution in [-0.2, 0) is 4.43 Å². The van der Waals surface area contributed by atoms with Gasteiger partial charge in [0.25, 0.3) is 0 Å². The monoisotopic (exact) mass is 350 g/mol. The third-order valence-corrected chi connectivity index (χ3v) is 10.8. The molecule has 4 nitrogen and oxygen atoms in total. The van der Waals surface area contributed by atoms with Crippen LogP contribution in [0.3, 0.4) is 0 Å². The predicted molar refractivity (Wildman–Crippen MR) is 102 cm³/mol. The molecule has 5 heteroatoms. The van der Waals surface area contributed by atoms with Crippen molar-refractivity contribution in [1.29, 1.82) is 0 Å². The quantitative estimate of drug-likeness (QED) is 0.797. The first-order chi connectivity index (χ1) is 10.9. The zero-order valence-electron chi connectivity index (χ0n) is 16.3. The summed E-state index contributed by atoms with van der Waals surface area (Å²) in [6.07, 6.45) is 5.07. The fourth-order valence-corrected chi connectivity index (χ4v) is 4.72. The normalized spacial score (nSPS) is 31.9. The summed E-state index contributed by atoms with van der Waals surface area (Å²) in [5, 5.41) is 11.2. The molecule has 0 amide bonds. The molecule has 1 heterocycles. The standard InChI is InChI=1S/C19H34N2O2Si/c1-13-10-14(15-8-9-21-12-16(15)20)11-17(19(13,5)22)23-24(6,7)18(2,3)4/h8-9,12-14,17,22H,10-11,20H2,1-7H3/t13-,14+,17+,19-/m0/s1. The number of nitrogen functional groups attached to an aromatic ring is 1. The number of hydrogen-bond donors (Lipinski definition) is 2. The van der Waals surface area contributed by atoms with Gasteiger partial charge in [-0.25, -0.2) is 0 Å². The summed E-state index contributed by atoms with van der Waals surface area (Å²) in [4.78, 5) is 4.10. The van der Waals surface area contributed by atoms with E-state index in [-0.39, 0.29) is 17.1 Å². The van der Waals surface area contributed by atoms with Gasteiger partial charge in [0.15, 0.2) is 8.32 Å². The van der Waals surface area contributed by atoms with E-state index in [0.29, 0.717) is 5.92 Å². The lowest BCUT2D eigenvalue weighted by atomic mass is 9.69. The van der Waals surface area contributed by atoms with Gasteiger partial charge in [-0.1, -0.05) is 27.7 Å². The molecule has 1 aromatic heterocycles. The van der Waals surface area contributed by atoms with Crippen molar-refractivity contribution in [3.63, 3.8) is 0 Å². The van der Waals surface area contributed by atoms with Crippen LogP contribution in [0.25, 0.3) is 0 Å². The first kappa shape index (κ1) is 19.4. The second-order valence-corrected chi connectivity index (χ2v) is 13.9. The highest BCUT2D eigenvalue weighted by Gasteiger charge is 2.49. The molecule has 0 bridgehead atoms. The van der Waals surface area contributed by atoms with Crippen molar-refractivity contribution in [2.75, 3.05) is 5.73 Å². The third-order valence-electron chi connectivity index (χ3n) is 6.36. The van der Waals surface area contributed by atoms with Crippen LogP contribution in [-0.4, -0.2) is 30.1 Å². The fraction of sp³-hybridized carbons (Fsp3) is 0.737. The molecule has 1 aliphatic carbocycles. The van der Waals surface area contributed by atoms with Crippen molar-refractivity contribution >= 4 is 14.0 Å². The summed E-state index contributed by atoms with van der Waals surface area (Å²) in [5.41, 5.74) is 7.21. The molecule has 0 aromatic carbocycles. The van der Waals surface area contributed by atoms with Gasteiger partial charge in [0, 0.05) is 6.20 Å². The summed E-state index contributed by atoms with van der Waals surface area (Å²) < 4.78 is 6.65. The third kappa shape index (κ3) is 3.68. The second-order valence-electron chi connectivity index (χ2n) is 9.17. The average molecular weight is 351 g/mol. The molecule has 1 saturated carbocycles. The molecule has 1 aliphatic rings. The first-order valence-corrected chi connectivity index (χ1v) is 11.9. The average Bonchev–Trinajstić information content (AvgIpc) is 2.43. The molecule has 3 N–H and O–H groups in total. The summed E-state index contributed by atoms with van der Waals surface area (Å²) >= 11 is 0. The SMILES string of the molecule is C[C@H]1C[C@@H](c2ccncc2N)C[C@@H](O[Si](C)(C)C(C)(C)C)[C@@]1(C)O. The molecule has 4 atom stereocenters. The van der Waals surface area contributed by atoms with Crippen LogP contribution in [0.1, 0.15) is 58.9 Å². The Bertz CT molecular complexity index is 581. The molecule has 1 aromatic rings. The highest BCUT2D eigenvalue weighted by molar-refractivity contribution is 6.74. The fourth-order valence-electron chi connectivity index (χ4n) is 3.32. The van der Waals surface area contributed by atoms with Gasteiger partial charge in [-0.2, -0.15) is 0 Å². The largest absolute Gasteiger partial charge is 0.411 e. The minimum atomic E-state index is -1.96. The zero-order chi connectivity index (χ0) is 18.3. The van der Waals surface area contributed by atoms with E-state index in [1.165, 1.54) is 0 Å². The van der Waals surface area contributed by atoms with Crippen LogP contribution in [0.5, 0.6) is 0 Å². The van der Waals surface area contributed by atoms with Crippen LogP contribution >= 0.6 is 0 Å². The number of nitrogens with two attached hydrogens (primary N) is 1. The number of aromatic nitrogens is 1. The zero-order valence-corrected chi connectivity index (χ0v) is 17.3. The van der Waals surface area contributed by atoms with Crippen molar-refractivity contribution in [3.05, 3.63) is 24.0 Å². The van der Waals surface area contributed by atoms with E-state index in [2.05, 4.69) is 45.8 Å². The molecule has 0 unspecified atom stereocenters. The highest BCUT2D eigenvalue weighted by Crippen LogP contribution is 2.47. The van der Waals surface area contributed by atoms with Gasteiger partial charge in [-0.3, -0.25) is 4.98 Å². The molecular formula is C19H34N2O2Si. The Kier molecular flexibility index (Phi) is 5.20. The number of nitrogens with zero attached hydrogens (tertiary/aromatic N) is 1. The van der Waals surface area contributed by atoms with E-state index in [1.54, 1.807) is 12.4 Å². The van der Waals surface area contributed by atoms with Gasteiger partial charge in [0.05, 0.1) is 23.6 Å². The summed E-state index contributed by atoms with van der Waals surface area (Å²) in [7, 11) is -1.96. The lowest BCUT2D eigenvalue weighted by molar-refractivity contribution is -0.117. The Hall–Kier alpha value is -0.913. The van der Waals surface area contributed by atoms with Crippen molar-refractivity contribution in [1.82, 2.24) is 4.98 Å². The molecule has 0 radical (unpaired) electrons. The van der Waals surface area contributed by atoms with Gasteiger partial charge in [0.2, 0.25) is 0 Å². The Morgan fingerprint density at radius 2 is 1.96 bits per heavy atom. The van der Waals surface area contributed by atoms with Gasteiger partial charge in [-0.05, 0) is 61.4 Å². The van der Waals surface area contributed by atoms with Crippen molar-refractivity contribution in [3.8, 4) is 0 Å². The molecule has 1 fully saturated rings. The van der Waals surface area contributed by atoms with Crippen LogP contribution in [0, 0.1) is 5.92 Å². The van der Waals surface area contributed by atoms with Gasteiger partial charge >= 0.3 is 0 Å². The molecule has 2 rings (SSSR count). The number of rotatable bonds is 3. The number of hydrogen-bond acceptors (Lipinski definition) is 4. The minimum Gasteiger partial charge on any atom is -0.411 e. The van der Waals surface area contributed by atoms with E-state index in [4.69, 9.17) is 10.2 Å². The molecule has 136 valence electrons. The number of pyridine rings is 1. The van der Waals surface area contributed by atoms with Crippen molar-refractivity contribution < 1.29 is 9.53 Å². The molecule has 0 spiro atoms. The van der Waals surface area contributed by atoms with Crippen LogP contribution < -0.4 is 5.73 Å². The molecule has 0 saturated heterocycles. The van der Waals surface area contributed by atoms with Gasteiger partial charge in [0.1, 0.15) is 0 Å². The molecule has 24 heavy (non-hydrogen) atoms. The van der Waals surface area contributed by atoms with Crippen molar-refractivity contribution in [2.45, 2.75) is 83.2 Å². The Balaban J connectivity index is 2.30. The Labute approximate surface area is 148 Å². The van der Waals surface area contributed by atoms with Crippen LogP contribution in [0.2, 0.25) is 18.1 Å². The molecular weight excluding hydrogens is 316 g/mol. The highest BCUT2D eigenvalue weighted by atomic mass is 28.4. The van der Waals surface area contributed by atoms with E-state index in [9.17, 15) is 5.11 Å². The van der Waals surface area contributed by atoms with Crippen LogP contribution in [0.15, 0.2) is 18.5 Å². The summed E-state index contributed by atoms with van der Waals surface area (Å²) in [5.74, 6) is 0.455. The summed E-state index contributed by atoms with van der Waals surface area (Å²) in [6.45, 7) is 15.2. The lowest BCUT2D eigenvalue weighted by Gasteiger charge is -2.50. The molecule has 0 aliphatic heterocycles. The van der Waals surface area contributed by atoms with Gasteiger partial charge < -0.3 is 15.3 Å². The summed E-state index contributed by atoms with van der Waals surface area (Å²) in [6, 6.07) is 2.01. The smallest absolute Gasteiger partial charge is 0.192 e. The maximum absolute atomic E-state index is 11.1. The van der Waals surface area contributed by atoms with Gasteiger partial charge in [-0.15, -0.1) is 0 Å². The topological polar surface area (TPSA) is 68.4 Å². The van der Waals surface area contributed by atoms with E-state index < -0.39 is 13.9 Å². The second kappa shape index (κ2) is 6.43. The van der Waals surface area contributed by atoms with Crippen molar-refractivity contribution in [2.24, 2.45) is 5.92 Å². The Morgan fingerprint density at radius 3 is 2.50 bits per heavy atom. The predicted octanol–water partition coefficient (Wildman–Crippen LogP) is 4.32. The minimum absolute atomic E-state index is 0.120. The van der Waals surface area contributed by atoms with Crippen LogP contribution in [0.4, 0.5) is 5.69 Å². The Morgan fingerprint density at radius 1 is 1.33 bits per heavy atom. The number of anilines is 1. The maximum Gasteiger partial charge on any atom is 0.192 e. The van der Waals surface area contributed by atoms with E-state index in [1.807, 2.05) is 13.0 Å². The first-order valence-electron chi connectivity index (χ1n) is 8.96. The lowest BCUT2D eigenvalue weighted by Crippen LogP contribution is -2.56.